The smallest absolute Gasteiger partial charge is 0.160 e. The van der Waals surface area contributed by atoms with Crippen molar-refractivity contribution in [3.8, 4) is 73.1 Å². The normalized spacial score (nSPS) is 11.9. The topological polar surface area (TPSA) is 43.6 Å². The molecule has 57 heavy (non-hydrogen) atoms. The first-order valence-corrected chi connectivity index (χ1v) is 19.4. The summed E-state index contributed by atoms with van der Waals surface area (Å²) in [4.78, 5) is 15.9. The highest BCUT2D eigenvalue weighted by atomic mass is 15.0. The summed E-state index contributed by atoms with van der Waals surface area (Å²) >= 11 is 0. The highest BCUT2D eigenvalue weighted by Crippen LogP contribution is 2.49. The maximum absolute atomic E-state index is 5.36. The van der Waals surface area contributed by atoms with Gasteiger partial charge >= 0.3 is 0 Å². The van der Waals surface area contributed by atoms with E-state index in [1.54, 1.807) is 0 Å². The molecule has 1 aliphatic heterocycles. The van der Waals surface area contributed by atoms with Gasteiger partial charge in [0.2, 0.25) is 0 Å². The lowest BCUT2D eigenvalue weighted by Crippen LogP contribution is -1.98. The Hall–Kier alpha value is -7.69. The molecule has 0 saturated carbocycles. The third kappa shape index (κ3) is 4.91. The van der Waals surface area contributed by atoms with E-state index in [2.05, 4.69) is 193 Å². The zero-order valence-electron chi connectivity index (χ0n) is 30.8. The maximum atomic E-state index is 5.36. The van der Waals surface area contributed by atoms with Gasteiger partial charge < -0.3 is 4.57 Å². The predicted molar refractivity (Wildman–Crippen MR) is 235 cm³/mol. The molecule has 4 nitrogen and oxygen atoms in total. The Bertz CT molecular complexity index is 3400. The van der Waals surface area contributed by atoms with Gasteiger partial charge in [-0.3, -0.25) is 0 Å². The van der Waals surface area contributed by atoms with Crippen molar-refractivity contribution >= 4 is 43.5 Å². The van der Waals surface area contributed by atoms with E-state index in [9.17, 15) is 0 Å². The average Bonchev–Trinajstić information content (AvgIpc) is 3.56. The van der Waals surface area contributed by atoms with E-state index in [-0.39, 0.29) is 0 Å². The molecule has 3 aromatic heterocycles. The molecule has 0 radical (unpaired) electrons. The molecular weight excluding hydrogens is 693 g/mol. The van der Waals surface area contributed by atoms with Crippen molar-refractivity contribution in [2.75, 3.05) is 0 Å². The fourth-order valence-electron chi connectivity index (χ4n) is 8.93. The van der Waals surface area contributed by atoms with Gasteiger partial charge in [-0.25, -0.2) is 15.0 Å². The molecule has 0 atom stereocenters. The summed E-state index contributed by atoms with van der Waals surface area (Å²) in [5.41, 5.74) is 16.2. The van der Waals surface area contributed by atoms with Gasteiger partial charge in [0.15, 0.2) is 5.82 Å². The molecule has 4 heteroatoms. The highest BCUT2D eigenvalue weighted by Gasteiger charge is 2.26. The fourth-order valence-corrected chi connectivity index (χ4v) is 8.93. The molecule has 11 aromatic rings. The first-order valence-electron chi connectivity index (χ1n) is 19.4. The number of para-hydroxylation sites is 2. The second kappa shape index (κ2) is 12.4. The lowest BCUT2D eigenvalue weighted by Gasteiger charge is -2.15. The molecule has 1 aliphatic rings. The number of rotatable bonds is 4. The highest BCUT2D eigenvalue weighted by molar-refractivity contribution is 6.18. The number of nitrogens with zero attached hydrogens (tertiary/aromatic N) is 4. The van der Waals surface area contributed by atoms with Crippen molar-refractivity contribution in [3.05, 3.63) is 194 Å². The van der Waals surface area contributed by atoms with Crippen LogP contribution in [0.5, 0.6) is 0 Å². The zero-order chi connectivity index (χ0) is 37.5. The van der Waals surface area contributed by atoms with Crippen molar-refractivity contribution in [1.29, 1.82) is 0 Å². The van der Waals surface area contributed by atoms with E-state index in [4.69, 9.17) is 15.0 Å². The maximum Gasteiger partial charge on any atom is 0.160 e. The lowest BCUT2D eigenvalue weighted by molar-refractivity contribution is 1.19. The van der Waals surface area contributed by atoms with Crippen LogP contribution < -0.4 is 0 Å². The number of hydrogen-bond acceptors (Lipinski definition) is 3. The lowest BCUT2D eigenvalue weighted by atomic mass is 9.91. The molecular formula is C53H32N4. The minimum Gasteiger partial charge on any atom is -0.308 e. The van der Waals surface area contributed by atoms with Crippen molar-refractivity contribution < 1.29 is 0 Å². The second-order valence-electron chi connectivity index (χ2n) is 14.8. The minimum absolute atomic E-state index is 0.709. The predicted octanol–water partition coefficient (Wildman–Crippen LogP) is 13.6. The van der Waals surface area contributed by atoms with E-state index < -0.39 is 0 Å². The van der Waals surface area contributed by atoms with Gasteiger partial charge in [0.05, 0.1) is 39.3 Å². The number of aromatic nitrogens is 4. The van der Waals surface area contributed by atoms with Gasteiger partial charge in [0.25, 0.3) is 0 Å². The summed E-state index contributed by atoms with van der Waals surface area (Å²) in [7, 11) is 0. The third-order valence-electron chi connectivity index (χ3n) is 11.5. The molecule has 4 heterocycles. The van der Waals surface area contributed by atoms with Crippen LogP contribution in [-0.2, 0) is 0 Å². The molecule has 0 spiro atoms. The molecule has 264 valence electrons. The summed E-state index contributed by atoms with van der Waals surface area (Å²) in [5.74, 6) is 0.709. The van der Waals surface area contributed by atoms with Crippen LogP contribution in [0.4, 0.5) is 0 Å². The van der Waals surface area contributed by atoms with Crippen LogP contribution in [0, 0.1) is 0 Å². The standard InChI is InChI=1S/C53H32N4/c1-3-15-33(16-4-1)50-38-20-8-7-19-35(38)32-47(54-50)36-27-28-49-43(29-36)39-21-9-10-22-40(39)44-30-37(31-45-41-23-12-14-26-48(41)57(49)52(44)45)53-55-46-25-13-11-24-42(46)51(56-53)34-17-5-2-6-18-34/h1-32H. The van der Waals surface area contributed by atoms with Gasteiger partial charge in [-0.2, -0.15) is 0 Å². The second-order valence-corrected chi connectivity index (χ2v) is 14.8. The zero-order valence-corrected chi connectivity index (χ0v) is 30.8. The van der Waals surface area contributed by atoms with Gasteiger partial charge in [-0.1, -0.05) is 152 Å². The first kappa shape index (κ1) is 31.6. The summed E-state index contributed by atoms with van der Waals surface area (Å²) in [6, 6.07) is 69.1. The molecule has 0 N–H and O–H groups in total. The van der Waals surface area contributed by atoms with Gasteiger partial charge in [-0.05, 0) is 59.0 Å². The van der Waals surface area contributed by atoms with Gasteiger partial charge in [-0.15, -0.1) is 0 Å². The van der Waals surface area contributed by atoms with Crippen LogP contribution in [0.15, 0.2) is 194 Å². The number of fused-ring (bicyclic) bond motifs is 10. The van der Waals surface area contributed by atoms with Crippen LogP contribution >= 0.6 is 0 Å². The Morgan fingerprint density at radius 2 is 0.965 bits per heavy atom. The molecule has 0 fully saturated rings. The molecule has 0 saturated heterocycles. The van der Waals surface area contributed by atoms with Crippen LogP contribution in [0.1, 0.15) is 0 Å². The largest absolute Gasteiger partial charge is 0.308 e. The minimum atomic E-state index is 0.709. The molecule has 12 rings (SSSR count). The van der Waals surface area contributed by atoms with Crippen molar-refractivity contribution in [3.63, 3.8) is 0 Å². The molecule has 0 aliphatic carbocycles. The van der Waals surface area contributed by atoms with Crippen molar-refractivity contribution in [1.82, 2.24) is 19.5 Å². The summed E-state index contributed by atoms with van der Waals surface area (Å²) < 4.78 is 2.46. The monoisotopic (exact) mass is 724 g/mol. The first-order chi connectivity index (χ1) is 28.3. The average molecular weight is 725 g/mol. The summed E-state index contributed by atoms with van der Waals surface area (Å²) in [5, 5.41) is 5.72. The van der Waals surface area contributed by atoms with Gasteiger partial charge in [0.1, 0.15) is 0 Å². The van der Waals surface area contributed by atoms with E-state index in [1.807, 2.05) is 6.07 Å². The van der Waals surface area contributed by atoms with Crippen molar-refractivity contribution in [2.24, 2.45) is 0 Å². The Morgan fingerprint density at radius 3 is 1.75 bits per heavy atom. The summed E-state index contributed by atoms with van der Waals surface area (Å²) in [6.07, 6.45) is 0. The third-order valence-corrected chi connectivity index (χ3v) is 11.5. The quantitative estimate of drug-likeness (QED) is 0.181. The number of benzene rings is 8. The number of hydrogen-bond donors (Lipinski definition) is 0. The van der Waals surface area contributed by atoms with Crippen molar-refractivity contribution in [2.45, 2.75) is 0 Å². The van der Waals surface area contributed by atoms with E-state index in [1.165, 1.54) is 32.8 Å². The Morgan fingerprint density at radius 1 is 0.351 bits per heavy atom. The van der Waals surface area contributed by atoms with E-state index in [0.29, 0.717) is 5.82 Å². The Kier molecular flexibility index (Phi) is 6.89. The van der Waals surface area contributed by atoms with Crippen LogP contribution in [0.25, 0.3) is 117 Å². The SMILES string of the molecule is c1ccc(-c2nc(-c3ccc4c(c3)-c3ccccc3-c3cc(-c5nc(-c6ccccc6)c6ccccc6n5)cc5c6ccccc6n-4c35)cc3ccccc23)cc1. The van der Waals surface area contributed by atoms with E-state index in [0.717, 1.165) is 78.0 Å². The fraction of sp³-hybridized carbons (Fsp3) is 0. The molecule has 0 amide bonds. The van der Waals surface area contributed by atoms with E-state index >= 15 is 0 Å². The Balaban J connectivity index is 1.12. The Labute approximate surface area is 329 Å². The molecule has 0 unspecified atom stereocenters. The summed E-state index contributed by atoms with van der Waals surface area (Å²) in [6.45, 7) is 0. The molecule has 8 aromatic carbocycles. The number of pyridine rings is 1. The van der Waals surface area contributed by atoms with Crippen LogP contribution in [0.3, 0.4) is 0 Å². The van der Waals surface area contributed by atoms with Crippen LogP contribution in [-0.4, -0.2) is 19.5 Å². The van der Waals surface area contributed by atoms with Gasteiger partial charge in [0, 0.05) is 54.9 Å². The molecule has 0 bridgehead atoms. The van der Waals surface area contributed by atoms with Crippen LogP contribution in [0.2, 0.25) is 0 Å².